The topological polar surface area (TPSA) is 30.3 Å². The number of methoxy groups -OCH3 is 1. The maximum Gasteiger partial charge on any atom is 0.0809 e. The summed E-state index contributed by atoms with van der Waals surface area (Å²) in [6, 6.07) is 0. The van der Waals surface area contributed by atoms with Gasteiger partial charge in [0, 0.05) is 32.0 Å². The highest BCUT2D eigenvalue weighted by atomic mass is 16.5. The van der Waals surface area contributed by atoms with Crippen LogP contribution in [0.25, 0.3) is 0 Å². The molecule has 0 aliphatic carbocycles. The average molecular weight is 241 g/mol. The summed E-state index contributed by atoms with van der Waals surface area (Å²) in [6.07, 6.45) is 2.12. The molecule has 0 amide bonds. The molecule has 4 nitrogen and oxygen atoms in total. The van der Waals surface area contributed by atoms with Gasteiger partial charge in [-0.1, -0.05) is 27.7 Å². The summed E-state index contributed by atoms with van der Waals surface area (Å²) in [4.78, 5) is 2.26. The maximum absolute atomic E-state index is 5.00. The van der Waals surface area contributed by atoms with Gasteiger partial charge in [-0.25, -0.2) is 0 Å². The zero-order chi connectivity index (χ0) is 13.3. The minimum absolute atomic E-state index is 0.733. The molecule has 1 aliphatic heterocycles. The molecule has 0 N–H and O–H groups in total. The first-order chi connectivity index (χ1) is 8.29. The van der Waals surface area contributed by atoms with E-state index in [4.69, 9.17) is 4.74 Å². The molecule has 0 saturated carbocycles. The van der Waals surface area contributed by atoms with E-state index in [2.05, 4.69) is 23.2 Å². The third kappa shape index (κ3) is 4.88. The molecule has 0 spiro atoms. The van der Waals surface area contributed by atoms with E-state index < -0.39 is 0 Å². The van der Waals surface area contributed by atoms with Gasteiger partial charge in [0.15, 0.2) is 0 Å². The molecule has 2 heterocycles. The Morgan fingerprint density at radius 1 is 1.24 bits per heavy atom. The third-order valence-corrected chi connectivity index (χ3v) is 2.31. The predicted octanol–water partition coefficient (Wildman–Crippen LogP) is 2.53. The first-order valence-corrected chi connectivity index (χ1v) is 6.52. The van der Waals surface area contributed by atoms with Gasteiger partial charge in [0.2, 0.25) is 0 Å². The average Bonchev–Trinajstić information content (AvgIpc) is 2.88. The smallest absolute Gasteiger partial charge is 0.0809 e. The molecule has 0 atom stereocenters. The van der Waals surface area contributed by atoms with Crippen LogP contribution in [0.4, 0.5) is 0 Å². The Bertz CT molecular complexity index is 273. The van der Waals surface area contributed by atoms with Crippen LogP contribution in [-0.4, -0.2) is 35.4 Å². The van der Waals surface area contributed by atoms with Crippen molar-refractivity contribution in [2.24, 2.45) is 0 Å². The summed E-state index contributed by atoms with van der Waals surface area (Å²) in [6.45, 7) is 11.6. The van der Waals surface area contributed by atoms with E-state index in [1.54, 1.807) is 7.11 Å². The number of hydrogen-bond donors (Lipinski definition) is 0. The summed E-state index contributed by atoms with van der Waals surface area (Å²) in [5, 5.41) is 4.47. The first-order valence-electron chi connectivity index (χ1n) is 6.52. The van der Waals surface area contributed by atoms with Crippen molar-refractivity contribution in [1.82, 2.24) is 14.7 Å². The molecule has 1 aromatic rings. The molecular formula is C13H27N3O. The van der Waals surface area contributed by atoms with Crippen molar-refractivity contribution >= 4 is 0 Å². The van der Waals surface area contributed by atoms with Crippen molar-refractivity contribution in [3.05, 3.63) is 17.5 Å². The maximum atomic E-state index is 5.00. The first kappa shape index (κ1) is 16.1. The summed E-state index contributed by atoms with van der Waals surface area (Å²) in [7, 11) is 3.83. The molecule has 0 unspecified atom stereocenters. The Balaban J connectivity index is 0.000000581. The normalized spacial score (nSPS) is 13.3. The Morgan fingerprint density at radius 3 is 2.41 bits per heavy atom. The lowest BCUT2D eigenvalue weighted by atomic mass is 10.3. The van der Waals surface area contributed by atoms with Crippen LogP contribution in [0.2, 0.25) is 0 Å². The van der Waals surface area contributed by atoms with E-state index >= 15 is 0 Å². The van der Waals surface area contributed by atoms with E-state index in [9.17, 15) is 0 Å². The molecule has 0 radical (unpaired) electrons. The Morgan fingerprint density at radius 2 is 1.88 bits per heavy atom. The Kier molecular flexibility index (Phi) is 8.72. The molecule has 100 valence electrons. The Labute approximate surface area is 106 Å². The van der Waals surface area contributed by atoms with Crippen molar-refractivity contribution in [3.63, 3.8) is 0 Å². The van der Waals surface area contributed by atoms with Crippen LogP contribution in [0.5, 0.6) is 0 Å². The standard InChI is InChI=1S/C9H15N3O.2C2H6/c1-11-5-8-6-12(3-4-13-2)10-9(8)7-11;2*1-2/h6H,3-5,7H2,1-2H3;2*1-2H3. The molecule has 1 aliphatic rings. The van der Waals surface area contributed by atoms with Gasteiger partial charge in [-0.2, -0.15) is 5.10 Å². The monoisotopic (exact) mass is 241 g/mol. The molecule has 4 heteroatoms. The predicted molar refractivity (Wildman–Crippen MR) is 72.0 cm³/mol. The molecule has 0 bridgehead atoms. The highest BCUT2D eigenvalue weighted by Gasteiger charge is 2.18. The summed E-state index contributed by atoms with van der Waals surface area (Å²) in [5.74, 6) is 0. The van der Waals surface area contributed by atoms with Crippen LogP contribution >= 0.6 is 0 Å². The molecule has 2 rings (SSSR count). The fourth-order valence-corrected chi connectivity index (χ4v) is 1.67. The SMILES string of the molecule is CC.CC.COCCn1cc2c(n1)CN(C)C2. The van der Waals surface area contributed by atoms with Gasteiger partial charge < -0.3 is 4.74 Å². The van der Waals surface area contributed by atoms with Gasteiger partial charge in [-0.3, -0.25) is 9.58 Å². The molecule has 0 saturated heterocycles. The fourth-order valence-electron chi connectivity index (χ4n) is 1.67. The fraction of sp³-hybridized carbons (Fsp3) is 0.769. The van der Waals surface area contributed by atoms with Crippen LogP contribution < -0.4 is 0 Å². The zero-order valence-electron chi connectivity index (χ0n) is 12.2. The largest absolute Gasteiger partial charge is 0.383 e. The van der Waals surface area contributed by atoms with Crippen molar-refractivity contribution < 1.29 is 4.74 Å². The Hall–Kier alpha value is -0.870. The lowest BCUT2D eigenvalue weighted by Crippen LogP contribution is -2.11. The van der Waals surface area contributed by atoms with E-state index in [0.29, 0.717) is 0 Å². The lowest BCUT2D eigenvalue weighted by molar-refractivity contribution is 0.183. The minimum atomic E-state index is 0.733. The van der Waals surface area contributed by atoms with E-state index in [1.807, 2.05) is 32.4 Å². The second-order valence-electron chi connectivity index (χ2n) is 3.53. The van der Waals surface area contributed by atoms with Gasteiger partial charge in [0.05, 0.1) is 18.8 Å². The minimum Gasteiger partial charge on any atom is -0.383 e. The van der Waals surface area contributed by atoms with Crippen LogP contribution in [0.15, 0.2) is 6.20 Å². The number of rotatable bonds is 3. The molecular weight excluding hydrogens is 214 g/mol. The molecule has 1 aromatic heterocycles. The summed E-state index contributed by atoms with van der Waals surface area (Å²) >= 11 is 0. The molecule has 0 fully saturated rings. The van der Waals surface area contributed by atoms with Gasteiger partial charge in [-0.15, -0.1) is 0 Å². The summed E-state index contributed by atoms with van der Waals surface area (Å²) in [5.41, 5.74) is 2.58. The number of aromatic nitrogens is 2. The van der Waals surface area contributed by atoms with Crippen LogP contribution in [0.3, 0.4) is 0 Å². The van der Waals surface area contributed by atoms with E-state index in [1.165, 1.54) is 11.3 Å². The number of fused-ring (bicyclic) bond motifs is 1. The zero-order valence-corrected chi connectivity index (χ0v) is 12.2. The van der Waals surface area contributed by atoms with E-state index in [0.717, 1.165) is 26.2 Å². The van der Waals surface area contributed by atoms with Crippen molar-refractivity contribution in [2.45, 2.75) is 47.3 Å². The molecule has 0 aromatic carbocycles. The summed E-state index contributed by atoms with van der Waals surface area (Å²) < 4.78 is 6.97. The van der Waals surface area contributed by atoms with Crippen molar-refractivity contribution in [2.75, 3.05) is 20.8 Å². The van der Waals surface area contributed by atoms with Gasteiger partial charge in [0.25, 0.3) is 0 Å². The number of hydrogen-bond acceptors (Lipinski definition) is 3. The highest BCUT2D eigenvalue weighted by Crippen LogP contribution is 2.18. The second-order valence-corrected chi connectivity index (χ2v) is 3.53. The van der Waals surface area contributed by atoms with Crippen molar-refractivity contribution in [3.8, 4) is 0 Å². The second kappa shape index (κ2) is 9.19. The lowest BCUT2D eigenvalue weighted by Gasteiger charge is -2.05. The molecule has 17 heavy (non-hydrogen) atoms. The van der Waals surface area contributed by atoms with Gasteiger partial charge in [0.1, 0.15) is 0 Å². The van der Waals surface area contributed by atoms with Crippen LogP contribution in [-0.2, 0) is 24.4 Å². The van der Waals surface area contributed by atoms with Gasteiger partial charge in [-0.05, 0) is 7.05 Å². The van der Waals surface area contributed by atoms with Gasteiger partial charge >= 0.3 is 0 Å². The highest BCUT2D eigenvalue weighted by molar-refractivity contribution is 5.20. The van der Waals surface area contributed by atoms with Crippen LogP contribution in [0, 0.1) is 0 Å². The van der Waals surface area contributed by atoms with Crippen molar-refractivity contribution in [1.29, 1.82) is 0 Å². The van der Waals surface area contributed by atoms with Crippen LogP contribution in [0.1, 0.15) is 39.0 Å². The quantitative estimate of drug-likeness (QED) is 0.814. The van der Waals surface area contributed by atoms with E-state index in [-0.39, 0.29) is 0 Å². The number of ether oxygens (including phenoxy) is 1. The third-order valence-electron chi connectivity index (χ3n) is 2.31. The number of nitrogens with zero attached hydrogens (tertiary/aromatic N) is 3.